The van der Waals surface area contributed by atoms with Crippen LogP contribution in [0.15, 0.2) is 48.5 Å². The average Bonchev–Trinajstić information content (AvgIpc) is 2.74. The SMILES string of the molecule is CN(C)c1ccc(NC(=O)CN2CCN(C(=O)COc3ccc(F)cc3)CC2)cc1. The Morgan fingerprint density at radius 1 is 1.00 bits per heavy atom. The molecule has 1 aliphatic rings. The van der Waals surface area contributed by atoms with Crippen molar-refractivity contribution in [1.29, 1.82) is 0 Å². The summed E-state index contributed by atoms with van der Waals surface area (Å²) in [7, 11) is 3.93. The van der Waals surface area contributed by atoms with Crippen LogP contribution in [-0.4, -0.2) is 75.0 Å². The zero-order valence-electron chi connectivity index (χ0n) is 17.3. The van der Waals surface area contributed by atoms with Gasteiger partial charge in [0.1, 0.15) is 11.6 Å². The van der Waals surface area contributed by atoms with Crippen LogP contribution in [0, 0.1) is 5.82 Å². The second-order valence-corrected chi connectivity index (χ2v) is 7.39. The lowest BCUT2D eigenvalue weighted by atomic mass is 10.2. The van der Waals surface area contributed by atoms with E-state index in [9.17, 15) is 14.0 Å². The van der Waals surface area contributed by atoms with Gasteiger partial charge in [-0.15, -0.1) is 0 Å². The van der Waals surface area contributed by atoms with Gasteiger partial charge in [0.2, 0.25) is 5.91 Å². The smallest absolute Gasteiger partial charge is 0.260 e. The number of carbonyl (C=O) groups is 2. The summed E-state index contributed by atoms with van der Waals surface area (Å²) < 4.78 is 18.3. The van der Waals surface area contributed by atoms with Gasteiger partial charge < -0.3 is 19.9 Å². The minimum atomic E-state index is -0.348. The van der Waals surface area contributed by atoms with Crippen molar-refractivity contribution in [3.63, 3.8) is 0 Å². The molecule has 1 saturated heterocycles. The topological polar surface area (TPSA) is 65.1 Å². The highest BCUT2D eigenvalue weighted by atomic mass is 19.1. The van der Waals surface area contributed by atoms with Crippen LogP contribution in [0.2, 0.25) is 0 Å². The Balaban J connectivity index is 1.38. The van der Waals surface area contributed by atoms with Crippen LogP contribution in [0.5, 0.6) is 5.75 Å². The van der Waals surface area contributed by atoms with E-state index >= 15 is 0 Å². The van der Waals surface area contributed by atoms with Crippen molar-refractivity contribution in [2.24, 2.45) is 0 Å². The lowest BCUT2D eigenvalue weighted by Crippen LogP contribution is -2.51. The maximum Gasteiger partial charge on any atom is 0.260 e. The molecule has 1 N–H and O–H groups in total. The molecule has 1 heterocycles. The van der Waals surface area contributed by atoms with E-state index in [1.807, 2.05) is 48.2 Å². The van der Waals surface area contributed by atoms with Gasteiger partial charge in [-0.1, -0.05) is 0 Å². The molecule has 0 unspecified atom stereocenters. The molecule has 0 aromatic heterocycles. The molecule has 30 heavy (non-hydrogen) atoms. The molecule has 160 valence electrons. The van der Waals surface area contributed by atoms with Gasteiger partial charge in [0.05, 0.1) is 6.54 Å². The Labute approximate surface area is 176 Å². The summed E-state index contributed by atoms with van der Waals surface area (Å²) in [5.41, 5.74) is 1.83. The van der Waals surface area contributed by atoms with Crippen molar-refractivity contribution < 1.29 is 18.7 Å². The molecule has 0 spiro atoms. The minimum Gasteiger partial charge on any atom is -0.484 e. The fourth-order valence-electron chi connectivity index (χ4n) is 3.17. The molecule has 8 heteroatoms. The third-order valence-electron chi connectivity index (χ3n) is 4.94. The third kappa shape index (κ3) is 6.18. The van der Waals surface area contributed by atoms with Gasteiger partial charge in [-0.3, -0.25) is 14.5 Å². The molecule has 0 saturated carbocycles. The lowest BCUT2D eigenvalue weighted by molar-refractivity contribution is -0.135. The van der Waals surface area contributed by atoms with E-state index in [0.717, 1.165) is 11.4 Å². The molecule has 0 aliphatic carbocycles. The number of benzene rings is 2. The lowest BCUT2D eigenvalue weighted by Gasteiger charge is -2.34. The number of halogens is 1. The van der Waals surface area contributed by atoms with Crippen molar-refractivity contribution in [1.82, 2.24) is 9.80 Å². The first-order valence-electron chi connectivity index (χ1n) is 9.86. The second kappa shape index (κ2) is 10.1. The van der Waals surface area contributed by atoms with Crippen molar-refractivity contribution >= 4 is 23.2 Å². The Morgan fingerprint density at radius 3 is 2.23 bits per heavy atom. The first kappa shape index (κ1) is 21.6. The van der Waals surface area contributed by atoms with Crippen LogP contribution < -0.4 is 15.0 Å². The molecule has 1 aliphatic heterocycles. The van der Waals surface area contributed by atoms with Crippen LogP contribution in [-0.2, 0) is 9.59 Å². The number of hydrogen-bond acceptors (Lipinski definition) is 5. The largest absolute Gasteiger partial charge is 0.484 e. The van der Waals surface area contributed by atoms with Gasteiger partial charge in [0, 0.05) is 51.6 Å². The van der Waals surface area contributed by atoms with Crippen molar-refractivity contribution in [2.75, 3.05) is 63.6 Å². The molecule has 2 amide bonds. The summed E-state index contributed by atoms with van der Waals surface area (Å²) in [5, 5.41) is 2.91. The molecule has 7 nitrogen and oxygen atoms in total. The molecule has 1 fully saturated rings. The van der Waals surface area contributed by atoms with E-state index in [1.165, 1.54) is 24.3 Å². The summed E-state index contributed by atoms with van der Waals surface area (Å²) in [6.07, 6.45) is 0. The molecule has 2 aromatic carbocycles. The predicted octanol–water partition coefficient (Wildman–Crippen LogP) is 2.05. The molecular formula is C22H27FN4O3. The van der Waals surface area contributed by atoms with Gasteiger partial charge in [-0.2, -0.15) is 0 Å². The number of anilines is 2. The van der Waals surface area contributed by atoms with Crippen LogP contribution >= 0.6 is 0 Å². The van der Waals surface area contributed by atoms with E-state index in [1.54, 1.807) is 4.90 Å². The zero-order chi connectivity index (χ0) is 21.5. The van der Waals surface area contributed by atoms with E-state index < -0.39 is 0 Å². The normalized spacial score (nSPS) is 14.3. The van der Waals surface area contributed by atoms with Crippen molar-refractivity contribution in [3.05, 3.63) is 54.3 Å². The number of ether oxygens (including phenoxy) is 1. The molecule has 3 rings (SSSR count). The van der Waals surface area contributed by atoms with E-state index in [0.29, 0.717) is 31.9 Å². The van der Waals surface area contributed by atoms with Gasteiger partial charge in [0.25, 0.3) is 5.91 Å². The monoisotopic (exact) mass is 414 g/mol. The number of piperazine rings is 1. The molecule has 0 atom stereocenters. The Bertz CT molecular complexity index is 848. The number of nitrogens with one attached hydrogen (secondary N) is 1. The molecular weight excluding hydrogens is 387 g/mol. The minimum absolute atomic E-state index is 0.0768. The molecule has 2 aromatic rings. The Kier molecular flexibility index (Phi) is 7.24. The molecule has 0 radical (unpaired) electrons. The quantitative estimate of drug-likeness (QED) is 0.751. The number of amides is 2. The maximum atomic E-state index is 12.9. The first-order valence-corrected chi connectivity index (χ1v) is 9.86. The Hall–Kier alpha value is -3.13. The van der Waals surface area contributed by atoms with Crippen molar-refractivity contribution in [3.8, 4) is 5.75 Å². The van der Waals surface area contributed by atoms with Gasteiger partial charge >= 0.3 is 0 Å². The second-order valence-electron chi connectivity index (χ2n) is 7.39. The van der Waals surface area contributed by atoms with Crippen LogP contribution in [0.1, 0.15) is 0 Å². The highest BCUT2D eigenvalue weighted by Gasteiger charge is 2.22. The van der Waals surface area contributed by atoms with Crippen LogP contribution in [0.3, 0.4) is 0 Å². The Morgan fingerprint density at radius 2 is 1.63 bits per heavy atom. The summed E-state index contributed by atoms with van der Waals surface area (Å²) in [6, 6.07) is 13.2. The predicted molar refractivity (Wildman–Crippen MR) is 114 cm³/mol. The van der Waals surface area contributed by atoms with Crippen LogP contribution in [0.25, 0.3) is 0 Å². The standard InChI is InChI=1S/C22H27FN4O3/c1-25(2)19-7-5-18(6-8-19)24-21(28)15-26-11-13-27(14-12-26)22(29)16-30-20-9-3-17(23)4-10-20/h3-10H,11-16H2,1-2H3,(H,24,28). The van der Waals surface area contributed by atoms with E-state index in [2.05, 4.69) is 5.32 Å². The zero-order valence-corrected chi connectivity index (χ0v) is 17.3. The number of carbonyl (C=O) groups excluding carboxylic acids is 2. The third-order valence-corrected chi connectivity index (χ3v) is 4.94. The van der Waals surface area contributed by atoms with Crippen molar-refractivity contribution in [2.45, 2.75) is 0 Å². The first-order chi connectivity index (χ1) is 14.4. The summed E-state index contributed by atoms with van der Waals surface area (Å²) in [6.45, 7) is 2.51. The van der Waals surface area contributed by atoms with Gasteiger partial charge in [0.15, 0.2) is 6.61 Å². The number of rotatable bonds is 7. The van der Waals surface area contributed by atoms with E-state index in [-0.39, 0.29) is 30.8 Å². The number of nitrogens with zero attached hydrogens (tertiary/aromatic N) is 3. The van der Waals surface area contributed by atoms with E-state index in [4.69, 9.17) is 4.74 Å². The summed E-state index contributed by atoms with van der Waals surface area (Å²) >= 11 is 0. The maximum absolute atomic E-state index is 12.9. The van der Waals surface area contributed by atoms with Crippen LogP contribution in [0.4, 0.5) is 15.8 Å². The fourth-order valence-corrected chi connectivity index (χ4v) is 3.17. The fraction of sp³-hybridized carbons (Fsp3) is 0.364. The van der Waals surface area contributed by atoms with Gasteiger partial charge in [-0.05, 0) is 48.5 Å². The summed E-state index contributed by atoms with van der Waals surface area (Å²) in [4.78, 5) is 30.4. The summed E-state index contributed by atoms with van der Waals surface area (Å²) in [5.74, 6) is -0.0884. The highest BCUT2D eigenvalue weighted by molar-refractivity contribution is 5.92. The highest BCUT2D eigenvalue weighted by Crippen LogP contribution is 2.16. The van der Waals surface area contributed by atoms with Gasteiger partial charge in [-0.25, -0.2) is 4.39 Å². The average molecular weight is 414 g/mol. The number of hydrogen-bond donors (Lipinski definition) is 1. The molecule has 0 bridgehead atoms.